The molecule has 2 amide bonds. The number of nitrogens with zero attached hydrogens (tertiary/aromatic N) is 1. The molecule has 19 heavy (non-hydrogen) atoms. The Labute approximate surface area is 112 Å². The maximum Gasteiger partial charge on any atom is 0.227 e. The van der Waals surface area contributed by atoms with E-state index in [2.05, 4.69) is 5.32 Å². The van der Waals surface area contributed by atoms with Crippen molar-refractivity contribution < 1.29 is 9.59 Å². The van der Waals surface area contributed by atoms with Gasteiger partial charge < -0.3 is 10.2 Å². The highest BCUT2D eigenvalue weighted by atomic mass is 16.2. The second kappa shape index (κ2) is 4.68. The number of benzene rings is 1. The highest BCUT2D eigenvalue weighted by Crippen LogP contribution is 2.33. The third-order valence-electron chi connectivity index (χ3n) is 3.80. The van der Waals surface area contributed by atoms with Crippen molar-refractivity contribution >= 4 is 23.2 Å². The van der Waals surface area contributed by atoms with Gasteiger partial charge in [0.1, 0.15) is 0 Å². The van der Waals surface area contributed by atoms with Crippen LogP contribution in [0.2, 0.25) is 0 Å². The number of nitrogens with one attached hydrogen (secondary N) is 1. The van der Waals surface area contributed by atoms with Crippen molar-refractivity contribution in [1.82, 2.24) is 0 Å². The van der Waals surface area contributed by atoms with Crippen LogP contribution in [0.4, 0.5) is 11.4 Å². The Morgan fingerprint density at radius 2 is 2.11 bits per heavy atom. The summed E-state index contributed by atoms with van der Waals surface area (Å²) in [6, 6.07) is 5.88. The Morgan fingerprint density at radius 1 is 1.32 bits per heavy atom. The zero-order valence-electron chi connectivity index (χ0n) is 11.1. The van der Waals surface area contributed by atoms with Crippen LogP contribution < -0.4 is 10.2 Å². The van der Waals surface area contributed by atoms with E-state index in [4.69, 9.17) is 0 Å². The molecule has 1 aliphatic heterocycles. The van der Waals surface area contributed by atoms with Crippen LogP contribution in [0.15, 0.2) is 18.2 Å². The fraction of sp³-hybridized carbons (Fsp3) is 0.467. The molecule has 1 aliphatic carbocycles. The average Bonchev–Trinajstić information content (AvgIpc) is 3.22. The zero-order valence-corrected chi connectivity index (χ0v) is 11.1. The normalized spacial score (nSPS) is 17.8. The van der Waals surface area contributed by atoms with Gasteiger partial charge in [-0.1, -0.05) is 6.07 Å². The summed E-state index contributed by atoms with van der Waals surface area (Å²) in [5, 5.41) is 2.94. The SMILES string of the molecule is CC(=O)N1CCCc2ccc(NC(=O)C3CC3)cc21. The van der Waals surface area contributed by atoms with Crippen molar-refractivity contribution in [2.24, 2.45) is 5.92 Å². The van der Waals surface area contributed by atoms with E-state index in [0.29, 0.717) is 0 Å². The lowest BCUT2D eigenvalue weighted by molar-refractivity contribution is -0.117. The molecule has 2 aliphatic rings. The molecule has 1 aromatic carbocycles. The van der Waals surface area contributed by atoms with E-state index in [-0.39, 0.29) is 17.7 Å². The van der Waals surface area contributed by atoms with Gasteiger partial charge in [-0.05, 0) is 43.4 Å². The fourth-order valence-corrected chi connectivity index (χ4v) is 2.57. The van der Waals surface area contributed by atoms with Crippen LogP contribution in [-0.4, -0.2) is 18.4 Å². The second-order valence-electron chi connectivity index (χ2n) is 5.38. The van der Waals surface area contributed by atoms with Gasteiger partial charge in [0.2, 0.25) is 11.8 Å². The van der Waals surface area contributed by atoms with E-state index >= 15 is 0 Å². The van der Waals surface area contributed by atoms with Crippen LogP contribution in [0.5, 0.6) is 0 Å². The third kappa shape index (κ3) is 2.48. The van der Waals surface area contributed by atoms with Crippen LogP contribution in [-0.2, 0) is 16.0 Å². The van der Waals surface area contributed by atoms with Crippen LogP contribution in [0.1, 0.15) is 31.7 Å². The Balaban J connectivity index is 1.85. The molecule has 4 nitrogen and oxygen atoms in total. The quantitative estimate of drug-likeness (QED) is 0.885. The van der Waals surface area contributed by atoms with Crippen molar-refractivity contribution in [3.8, 4) is 0 Å². The number of anilines is 2. The summed E-state index contributed by atoms with van der Waals surface area (Å²) in [4.78, 5) is 25.2. The fourth-order valence-electron chi connectivity index (χ4n) is 2.57. The monoisotopic (exact) mass is 258 g/mol. The van der Waals surface area contributed by atoms with E-state index in [0.717, 1.165) is 43.6 Å². The molecule has 100 valence electrons. The molecule has 0 aromatic heterocycles. The van der Waals surface area contributed by atoms with Crippen molar-refractivity contribution in [1.29, 1.82) is 0 Å². The maximum atomic E-state index is 11.8. The lowest BCUT2D eigenvalue weighted by Crippen LogP contribution is -2.33. The molecule has 0 radical (unpaired) electrons. The maximum absolute atomic E-state index is 11.8. The number of hydrogen-bond acceptors (Lipinski definition) is 2. The second-order valence-corrected chi connectivity index (χ2v) is 5.38. The Morgan fingerprint density at radius 3 is 2.79 bits per heavy atom. The number of carbonyl (C=O) groups is 2. The summed E-state index contributed by atoms with van der Waals surface area (Å²) >= 11 is 0. The summed E-state index contributed by atoms with van der Waals surface area (Å²) in [6.07, 6.45) is 3.99. The number of fused-ring (bicyclic) bond motifs is 1. The summed E-state index contributed by atoms with van der Waals surface area (Å²) in [5.74, 6) is 0.358. The van der Waals surface area contributed by atoms with Crippen molar-refractivity contribution in [3.05, 3.63) is 23.8 Å². The predicted molar refractivity (Wildman–Crippen MR) is 74.1 cm³/mol. The molecule has 0 bridgehead atoms. The van der Waals surface area contributed by atoms with Gasteiger partial charge in [0.05, 0.1) is 0 Å². The number of aryl methyl sites for hydroxylation is 1. The largest absolute Gasteiger partial charge is 0.326 e. The van der Waals surface area contributed by atoms with E-state index in [1.54, 1.807) is 11.8 Å². The van der Waals surface area contributed by atoms with E-state index < -0.39 is 0 Å². The molecule has 0 saturated heterocycles. The number of hydrogen-bond donors (Lipinski definition) is 1. The molecule has 1 N–H and O–H groups in total. The highest BCUT2D eigenvalue weighted by molar-refractivity contribution is 5.97. The first-order valence-corrected chi connectivity index (χ1v) is 6.87. The van der Waals surface area contributed by atoms with Crippen LogP contribution in [0.25, 0.3) is 0 Å². The lowest BCUT2D eigenvalue weighted by atomic mass is 10.0. The Hall–Kier alpha value is -1.84. The van der Waals surface area contributed by atoms with Gasteiger partial charge in [-0.25, -0.2) is 0 Å². The lowest BCUT2D eigenvalue weighted by Gasteiger charge is -2.29. The number of carbonyl (C=O) groups excluding carboxylic acids is 2. The standard InChI is InChI=1S/C15H18N2O2/c1-10(18)17-8-2-3-11-6-7-13(9-14(11)17)16-15(19)12-4-5-12/h6-7,9,12H,2-5,8H2,1H3,(H,16,19). The molecule has 1 saturated carbocycles. The summed E-state index contributed by atoms with van der Waals surface area (Å²) in [7, 11) is 0. The average molecular weight is 258 g/mol. The molecular weight excluding hydrogens is 240 g/mol. The Kier molecular flexibility index (Phi) is 3.01. The van der Waals surface area contributed by atoms with E-state index in [9.17, 15) is 9.59 Å². The van der Waals surface area contributed by atoms with Gasteiger partial charge in [0.15, 0.2) is 0 Å². The first-order valence-electron chi connectivity index (χ1n) is 6.87. The van der Waals surface area contributed by atoms with Crippen molar-refractivity contribution in [2.45, 2.75) is 32.6 Å². The number of amides is 2. The van der Waals surface area contributed by atoms with Gasteiger partial charge in [-0.3, -0.25) is 9.59 Å². The molecule has 3 rings (SSSR count). The van der Waals surface area contributed by atoms with E-state index in [1.807, 2.05) is 18.2 Å². The third-order valence-corrected chi connectivity index (χ3v) is 3.80. The summed E-state index contributed by atoms with van der Waals surface area (Å²) in [6.45, 7) is 2.35. The van der Waals surface area contributed by atoms with E-state index in [1.165, 1.54) is 5.56 Å². The minimum absolute atomic E-state index is 0.0617. The molecule has 0 spiro atoms. The summed E-state index contributed by atoms with van der Waals surface area (Å²) in [5.41, 5.74) is 2.93. The number of rotatable bonds is 2. The first kappa shape index (κ1) is 12.2. The first-order chi connectivity index (χ1) is 9.15. The molecular formula is C15H18N2O2. The van der Waals surface area contributed by atoms with Gasteiger partial charge >= 0.3 is 0 Å². The van der Waals surface area contributed by atoms with Gasteiger partial charge in [0.25, 0.3) is 0 Å². The molecule has 1 heterocycles. The van der Waals surface area contributed by atoms with Crippen molar-refractivity contribution in [2.75, 3.05) is 16.8 Å². The minimum Gasteiger partial charge on any atom is -0.326 e. The van der Waals surface area contributed by atoms with Crippen LogP contribution in [0.3, 0.4) is 0 Å². The minimum atomic E-state index is 0.0617. The smallest absolute Gasteiger partial charge is 0.227 e. The molecule has 4 heteroatoms. The van der Waals surface area contributed by atoms with Gasteiger partial charge in [0, 0.05) is 30.8 Å². The molecule has 0 unspecified atom stereocenters. The van der Waals surface area contributed by atoms with Crippen LogP contribution in [0, 0.1) is 5.92 Å². The highest BCUT2D eigenvalue weighted by Gasteiger charge is 2.30. The topological polar surface area (TPSA) is 49.4 Å². The van der Waals surface area contributed by atoms with Crippen LogP contribution >= 0.6 is 0 Å². The zero-order chi connectivity index (χ0) is 13.4. The van der Waals surface area contributed by atoms with Gasteiger partial charge in [-0.2, -0.15) is 0 Å². The Bertz CT molecular complexity index is 535. The molecule has 1 fully saturated rings. The summed E-state index contributed by atoms with van der Waals surface area (Å²) < 4.78 is 0. The molecule has 1 aromatic rings. The predicted octanol–water partition coefficient (Wildman–Crippen LogP) is 2.33. The van der Waals surface area contributed by atoms with Gasteiger partial charge in [-0.15, -0.1) is 0 Å². The van der Waals surface area contributed by atoms with Crippen molar-refractivity contribution in [3.63, 3.8) is 0 Å². The molecule has 0 atom stereocenters.